The number of rotatable bonds is 7. The van der Waals surface area contributed by atoms with Crippen LogP contribution in [0.4, 0.5) is 4.79 Å². The number of carbonyl (C=O) groups excluding carboxylic acids is 2. The molecule has 8 rings (SSSR count). The van der Waals surface area contributed by atoms with E-state index in [0.29, 0.717) is 31.1 Å². The van der Waals surface area contributed by atoms with Crippen LogP contribution >= 0.6 is 0 Å². The highest BCUT2D eigenvalue weighted by atomic mass is 16.5. The zero-order chi connectivity index (χ0) is 31.8. The lowest BCUT2D eigenvalue weighted by molar-refractivity contribution is -0.178. The van der Waals surface area contributed by atoms with Gasteiger partial charge in [-0.05, 0) is 102 Å². The predicted octanol–water partition coefficient (Wildman–Crippen LogP) is 6.33. The first-order chi connectivity index (χ1) is 21.4. The van der Waals surface area contributed by atoms with E-state index in [1.54, 1.807) is 0 Å². The normalized spacial score (nSPS) is 45.5. The molecule has 0 aromatic heterocycles. The van der Waals surface area contributed by atoms with Gasteiger partial charge >= 0.3 is 6.03 Å². The zero-order valence-corrected chi connectivity index (χ0v) is 28.3. The van der Waals surface area contributed by atoms with Gasteiger partial charge in [0.25, 0.3) is 0 Å². The SMILES string of the molecule is CC(C)NC(=O)N(C[C@H]1CCCO1)C[C@]1(O)CC[C@H]2[C@]34C=C[C@@]5(C=C3C(=O)C3CCCCC3)CC(O)CC[C@]5(C)[C@H]4CC[C@@]21C. The number of ketones is 1. The maximum Gasteiger partial charge on any atom is 0.317 e. The molecule has 3 N–H and O–H groups in total. The number of nitrogens with one attached hydrogen (secondary N) is 1. The Balaban J connectivity index is 1.27. The van der Waals surface area contributed by atoms with E-state index in [0.717, 1.165) is 82.8 Å². The van der Waals surface area contributed by atoms with Gasteiger partial charge in [0, 0.05) is 46.9 Å². The highest BCUT2D eigenvalue weighted by molar-refractivity contribution is 6.00. The number of aliphatic hydroxyl groups excluding tert-OH is 1. The molecular weight excluding hydrogens is 564 g/mol. The quantitative estimate of drug-likeness (QED) is 0.289. The Hall–Kier alpha value is -1.70. The van der Waals surface area contributed by atoms with Crippen LogP contribution in [0.5, 0.6) is 0 Å². The first-order valence-electron chi connectivity index (χ1n) is 18.4. The fourth-order valence-corrected chi connectivity index (χ4v) is 12.1. The smallest absolute Gasteiger partial charge is 0.317 e. The highest BCUT2D eigenvalue weighted by Crippen LogP contribution is 2.78. The molecule has 7 nitrogen and oxygen atoms in total. The number of carbonyl (C=O) groups is 2. The predicted molar refractivity (Wildman–Crippen MR) is 174 cm³/mol. The lowest BCUT2D eigenvalue weighted by atomic mass is 9.32. The molecule has 2 amide bonds. The van der Waals surface area contributed by atoms with Gasteiger partial charge in [0.05, 0.1) is 24.4 Å². The van der Waals surface area contributed by atoms with E-state index in [2.05, 4.69) is 37.4 Å². The third-order valence-electron chi connectivity index (χ3n) is 14.6. The number of Topliss-reactive ketones (excluding diaryl/α,β-unsaturated/α-hetero) is 1. The summed E-state index contributed by atoms with van der Waals surface area (Å²) in [5, 5.41) is 26.9. The molecule has 7 aliphatic carbocycles. The third kappa shape index (κ3) is 4.67. The molecule has 0 aromatic rings. The molecule has 2 spiro atoms. The lowest BCUT2D eigenvalue weighted by Crippen LogP contribution is -2.68. The summed E-state index contributed by atoms with van der Waals surface area (Å²) in [6.45, 7) is 10.2. The van der Waals surface area contributed by atoms with Crippen molar-refractivity contribution in [3.05, 3.63) is 23.8 Å². The molecule has 1 heterocycles. The summed E-state index contributed by atoms with van der Waals surface area (Å²) in [7, 11) is 0. The molecule has 2 bridgehead atoms. The van der Waals surface area contributed by atoms with E-state index < -0.39 is 16.4 Å². The molecule has 250 valence electrons. The van der Waals surface area contributed by atoms with Crippen LogP contribution in [0.1, 0.15) is 118 Å². The Bertz CT molecular complexity index is 1250. The van der Waals surface area contributed by atoms with Crippen molar-refractivity contribution in [2.45, 2.75) is 141 Å². The van der Waals surface area contributed by atoms with Gasteiger partial charge in [-0.25, -0.2) is 4.79 Å². The minimum Gasteiger partial charge on any atom is -0.393 e. The van der Waals surface area contributed by atoms with Crippen molar-refractivity contribution in [2.75, 3.05) is 19.7 Å². The van der Waals surface area contributed by atoms with Crippen molar-refractivity contribution in [1.82, 2.24) is 10.2 Å². The number of aliphatic hydroxyl groups is 2. The minimum absolute atomic E-state index is 0.00264. The van der Waals surface area contributed by atoms with E-state index in [4.69, 9.17) is 4.74 Å². The first kappa shape index (κ1) is 31.9. The van der Waals surface area contributed by atoms with Crippen molar-refractivity contribution in [2.24, 2.45) is 39.4 Å². The summed E-state index contributed by atoms with van der Waals surface area (Å²) in [6.07, 6.45) is 20.0. The summed E-state index contributed by atoms with van der Waals surface area (Å²) >= 11 is 0. The number of nitrogens with zero attached hydrogens (tertiary/aromatic N) is 1. The van der Waals surface area contributed by atoms with E-state index in [9.17, 15) is 19.8 Å². The molecule has 45 heavy (non-hydrogen) atoms. The van der Waals surface area contributed by atoms with Crippen LogP contribution in [0.15, 0.2) is 23.8 Å². The van der Waals surface area contributed by atoms with Gasteiger partial charge < -0.3 is 25.2 Å². The van der Waals surface area contributed by atoms with Crippen molar-refractivity contribution in [1.29, 1.82) is 0 Å². The number of allylic oxidation sites excluding steroid dienone is 4. The number of hydrogen-bond acceptors (Lipinski definition) is 5. The number of hydrogen-bond donors (Lipinski definition) is 3. The van der Waals surface area contributed by atoms with Crippen LogP contribution in [0.2, 0.25) is 0 Å². The van der Waals surface area contributed by atoms with Gasteiger partial charge in [0.15, 0.2) is 5.78 Å². The molecule has 9 atom stereocenters. The third-order valence-corrected chi connectivity index (χ3v) is 14.6. The molecular formula is C38H58N2O5. The lowest BCUT2D eigenvalue weighted by Gasteiger charge is -2.71. The average molecular weight is 623 g/mol. The Kier molecular flexibility index (Phi) is 7.93. The van der Waals surface area contributed by atoms with Crippen LogP contribution in [-0.2, 0) is 9.53 Å². The molecule has 1 aliphatic heterocycles. The van der Waals surface area contributed by atoms with Crippen molar-refractivity contribution in [3.8, 4) is 0 Å². The molecule has 0 aromatic carbocycles. The average Bonchev–Trinajstić information content (AvgIpc) is 3.62. The van der Waals surface area contributed by atoms with Crippen LogP contribution < -0.4 is 5.32 Å². The Morgan fingerprint density at radius 3 is 2.38 bits per heavy atom. The Morgan fingerprint density at radius 2 is 1.67 bits per heavy atom. The summed E-state index contributed by atoms with van der Waals surface area (Å²) in [4.78, 5) is 30.2. The summed E-state index contributed by atoms with van der Waals surface area (Å²) in [5.74, 6) is 0.854. The van der Waals surface area contributed by atoms with Crippen LogP contribution in [0.3, 0.4) is 0 Å². The number of fused-ring (bicyclic) bond motifs is 1. The monoisotopic (exact) mass is 622 g/mol. The van der Waals surface area contributed by atoms with E-state index in [-0.39, 0.29) is 53.5 Å². The summed E-state index contributed by atoms with van der Waals surface area (Å²) < 4.78 is 5.97. The first-order valence-corrected chi connectivity index (χ1v) is 18.4. The molecule has 5 fully saturated rings. The molecule has 1 unspecified atom stereocenters. The van der Waals surface area contributed by atoms with Crippen molar-refractivity contribution < 1.29 is 24.5 Å². The van der Waals surface area contributed by atoms with Gasteiger partial charge in [-0.15, -0.1) is 0 Å². The van der Waals surface area contributed by atoms with Gasteiger partial charge in [-0.1, -0.05) is 51.3 Å². The second-order valence-electron chi connectivity index (χ2n) is 17.1. The molecule has 8 aliphatic rings. The zero-order valence-electron chi connectivity index (χ0n) is 28.3. The maximum atomic E-state index is 14.8. The van der Waals surface area contributed by atoms with Crippen LogP contribution in [0.25, 0.3) is 0 Å². The molecule has 0 radical (unpaired) electrons. The summed E-state index contributed by atoms with van der Waals surface area (Å²) in [5.41, 5.74) is -1.22. The molecule has 7 heteroatoms. The Morgan fingerprint density at radius 1 is 0.956 bits per heavy atom. The topological polar surface area (TPSA) is 99.1 Å². The molecule has 4 saturated carbocycles. The van der Waals surface area contributed by atoms with Crippen molar-refractivity contribution >= 4 is 11.8 Å². The molecule has 1 saturated heterocycles. The van der Waals surface area contributed by atoms with E-state index >= 15 is 0 Å². The largest absolute Gasteiger partial charge is 0.393 e. The van der Waals surface area contributed by atoms with Crippen molar-refractivity contribution in [3.63, 3.8) is 0 Å². The van der Waals surface area contributed by atoms with Crippen LogP contribution in [-0.4, -0.2) is 70.5 Å². The van der Waals surface area contributed by atoms with Gasteiger partial charge in [0.2, 0.25) is 0 Å². The standard InChI is InChI=1S/C38H58N2O5/c1-25(2)39-33(43)40(23-28-11-8-20-45-28)24-37(44)17-14-31-35(37,4)16-13-30-34(3)15-12-27(41)21-36(34)18-19-38(30,31)29(22-36)32(42)26-9-6-5-7-10-26/h18-19,22,25-28,30-31,41,44H,5-17,20-21,23-24H2,1-4H3,(H,39,43)/t27?,28-,30-,31-,34-,35+,36+,37-,38-/m1/s1. The maximum absolute atomic E-state index is 14.8. The van der Waals surface area contributed by atoms with E-state index in [1.807, 2.05) is 18.7 Å². The number of urea groups is 1. The fourth-order valence-electron chi connectivity index (χ4n) is 12.1. The highest BCUT2D eigenvalue weighted by Gasteiger charge is 2.74. The second-order valence-corrected chi connectivity index (χ2v) is 17.1. The van der Waals surface area contributed by atoms with Gasteiger partial charge in [0.1, 0.15) is 0 Å². The fraction of sp³-hybridized carbons (Fsp3) is 0.842. The van der Waals surface area contributed by atoms with Crippen LogP contribution in [0, 0.1) is 39.4 Å². The van der Waals surface area contributed by atoms with Gasteiger partial charge in [-0.3, -0.25) is 4.79 Å². The Labute approximate surface area is 270 Å². The second kappa shape index (κ2) is 11.2. The minimum atomic E-state index is -1.06. The van der Waals surface area contributed by atoms with E-state index in [1.165, 1.54) is 6.42 Å². The number of ether oxygens (including phenoxy) is 1. The number of amides is 2. The van der Waals surface area contributed by atoms with Gasteiger partial charge in [-0.2, -0.15) is 0 Å². The summed E-state index contributed by atoms with van der Waals surface area (Å²) in [6, 6.07) is -0.127.